The van der Waals surface area contributed by atoms with E-state index in [1.165, 1.54) is 23.8 Å². The lowest BCUT2D eigenvalue weighted by Crippen LogP contribution is -2.26. The van der Waals surface area contributed by atoms with Crippen LogP contribution < -0.4 is 5.32 Å². The zero-order valence-electron chi connectivity index (χ0n) is 14.0. The van der Waals surface area contributed by atoms with Crippen molar-refractivity contribution in [3.05, 3.63) is 65.5 Å². The highest BCUT2D eigenvalue weighted by Crippen LogP contribution is 2.31. The highest BCUT2D eigenvalue weighted by Gasteiger charge is 2.18. The number of nitrogens with one attached hydrogen (secondary N) is 1. The maximum Gasteiger partial charge on any atom is 0.335 e. The molecule has 0 radical (unpaired) electrons. The number of carboxylic acids is 1. The predicted octanol–water partition coefficient (Wildman–Crippen LogP) is 3.25. The molecule has 1 aromatic carbocycles. The molecule has 2 aromatic heterocycles. The number of carboxylic acid groups (broad SMARTS) is 1. The number of fused-ring (bicyclic) bond motifs is 1. The fourth-order valence-corrected chi connectivity index (χ4v) is 3.68. The average molecular weight is 335 g/mol. The van der Waals surface area contributed by atoms with E-state index >= 15 is 0 Å². The molecule has 0 amide bonds. The normalized spacial score (nSPS) is 15.5. The third kappa shape index (κ3) is 3.15. The van der Waals surface area contributed by atoms with E-state index in [9.17, 15) is 4.79 Å². The van der Waals surface area contributed by atoms with Crippen molar-refractivity contribution in [2.24, 2.45) is 0 Å². The number of aromatic nitrogens is 2. The number of aromatic carboxylic acids is 1. The maximum atomic E-state index is 11.0. The Morgan fingerprint density at radius 1 is 1.16 bits per heavy atom. The summed E-state index contributed by atoms with van der Waals surface area (Å²) >= 11 is 0. The summed E-state index contributed by atoms with van der Waals surface area (Å²) in [6, 6.07) is 11.3. The number of pyridine rings is 1. The first kappa shape index (κ1) is 15.8. The first-order valence-corrected chi connectivity index (χ1v) is 8.69. The standard InChI is InChI=1S/C20H21N3O2/c24-20(25)16-3-1-14(2-4-16)13-23-12-8-18-17(7-11-22-19(18)23)15-5-9-21-10-6-15/h1-4,7-8,11-12,15,21H,5-6,9-10,13H2,(H,24,25). The number of benzene rings is 1. The second kappa shape index (κ2) is 6.69. The summed E-state index contributed by atoms with van der Waals surface area (Å²) in [4.78, 5) is 15.6. The van der Waals surface area contributed by atoms with Crippen LogP contribution in [-0.4, -0.2) is 33.7 Å². The summed E-state index contributed by atoms with van der Waals surface area (Å²) in [5.41, 5.74) is 3.77. The van der Waals surface area contributed by atoms with Gasteiger partial charge in [-0.3, -0.25) is 0 Å². The van der Waals surface area contributed by atoms with Crippen molar-refractivity contribution in [3.8, 4) is 0 Å². The molecular formula is C20H21N3O2. The van der Waals surface area contributed by atoms with E-state index in [0.29, 0.717) is 18.0 Å². The Balaban J connectivity index is 1.63. The largest absolute Gasteiger partial charge is 0.478 e. The molecule has 1 saturated heterocycles. The minimum atomic E-state index is -0.897. The van der Waals surface area contributed by atoms with Crippen LogP contribution in [0.3, 0.4) is 0 Å². The van der Waals surface area contributed by atoms with Crippen LogP contribution in [0.2, 0.25) is 0 Å². The van der Waals surface area contributed by atoms with Gasteiger partial charge in [0.05, 0.1) is 5.56 Å². The van der Waals surface area contributed by atoms with E-state index in [1.54, 1.807) is 12.1 Å². The van der Waals surface area contributed by atoms with Crippen LogP contribution in [0.25, 0.3) is 11.0 Å². The number of carbonyl (C=O) groups is 1. The van der Waals surface area contributed by atoms with Crippen LogP contribution in [0, 0.1) is 0 Å². The fraction of sp³-hybridized carbons (Fsp3) is 0.300. The molecule has 0 aliphatic carbocycles. The summed E-state index contributed by atoms with van der Waals surface area (Å²) in [5, 5.41) is 13.7. The van der Waals surface area contributed by atoms with Gasteiger partial charge in [0.15, 0.2) is 0 Å². The number of hydrogen-bond acceptors (Lipinski definition) is 3. The Morgan fingerprint density at radius 2 is 1.92 bits per heavy atom. The minimum absolute atomic E-state index is 0.312. The van der Waals surface area contributed by atoms with E-state index in [0.717, 1.165) is 24.3 Å². The molecule has 0 spiro atoms. The van der Waals surface area contributed by atoms with Gasteiger partial charge in [0.2, 0.25) is 0 Å². The molecule has 0 atom stereocenters. The Kier molecular flexibility index (Phi) is 4.24. The highest BCUT2D eigenvalue weighted by molar-refractivity contribution is 5.87. The lowest BCUT2D eigenvalue weighted by Gasteiger charge is -2.23. The van der Waals surface area contributed by atoms with Crippen LogP contribution >= 0.6 is 0 Å². The van der Waals surface area contributed by atoms with Crippen molar-refractivity contribution in [2.45, 2.75) is 25.3 Å². The zero-order chi connectivity index (χ0) is 17.2. The molecule has 2 N–H and O–H groups in total. The van der Waals surface area contributed by atoms with Crippen molar-refractivity contribution in [3.63, 3.8) is 0 Å². The molecule has 4 rings (SSSR count). The van der Waals surface area contributed by atoms with Crippen molar-refractivity contribution in [2.75, 3.05) is 13.1 Å². The molecule has 3 aromatic rings. The maximum absolute atomic E-state index is 11.0. The molecule has 1 aliphatic rings. The van der Waals surface area contributed by atoms with E-state index in [1.807, 2.05) is 18.3 Å². The Bertz CT molecular complexity index is 893. The smallest absolute Gasteiger partial charge is 0.335 e. The molecule has 3 heterocycles. The summed E-state index contributed by atoms with van der Waals surface area (Å²) in [5.74, 6) is -0.302. The van der Waals surface area contributed by atoms with E-state index in [-0.39, 0.29) is 0 Å². The summed E-state index contributed by atoms with van der Waals surface area (Å²) in [6.07, 6.45) is 6.32. The molecule has 0 bridgehead atoms. The molecule has 1 aliphatic heterocycles. The molecule has 1 fully saturated rings. The van der Waals surface area contributed by atoms with Gasteiger partial charge in [-0.05, 0) is 67.2 Å². The Morgan fingerprint density at radius 3 is 2.64 bits per heavy atom. The fourth-order valence-electron chi connectivity index (χ4n) is 3.68. The van der Waals surface area contributed by atoms with Crippen LogP contribution in [-0.2, 0) is 6.54 Å². The van der Waals surface area contributed by atoms with Crippen LogP contribution in [0.1, 0.15) is 40.2 Å². The zero-order valence-corrected chi connectivity index (χ0v) is 14.0. The lowest BCUT2D eigenvalue weighted by atomic mass is 9.89. The SMILES string of the molecule is O=C(O)c1ccc(Cn2ccc3c(C4CCNCC4)ccnc32)cc1. The highest BCUT2D eigenvalue weighted by atomic mass is 16.4. The predicted molar refractivity (Wildman–Crippen MR) is 97.1 cm³/mol. The lowest BCUT2D eigenvalue weighted by molar-refractivity contribution is 0.0697. The second-order valence-electron chi connectivity index (χ2n) is 6.61. The van der Waals surface area contributed by atoms with Crippen LogP contribution in [0.4, 0.5) is 0 Å². The van der Waals surface area contributed by atoms with Gasteiger partial charge in [-0.2, -0.15) is 0 Å². The van der Waals surface area contributed by atoms with Gasteiger partial charge < -0.3 is 15.0 Å². The van der Waals surface area contributed by atoms with Crippen molar-refractivity contribution in [1.29, 1.82) is 0 Å². The van der Waals surface area contributed by atoms with E-state index in [2.05, 4.69) is 33.2 Å². The summed E-state index contributed by atoms with van der Waals surface area (Å²) in [7, 11) is 0. The number of nitrogens with zero attached hydrogens (tertiary/aromatic N) is 2. The number of piperidine rings is 1. The molecule has 5 heteroatoms. The topological polar surface area (TPSA) is 67.2 Å². The quantitative estimate of drug-likeness (QED) is 0.768. The van der Waals surface area contributed by atoms with Crippen LogP contribution in [0.5, 0.6) is 0 Å². The third-order valence-electron chi connectivity index (χ3n) is 5.03. The van der Waals surface area contributed by atoms with E-state index < -0.39 is 5.97 Å². The second-order valence-corrected chi connectivity index (χ2v) is 6.61. The molecular weight excluding hydrogens is 314 g/mol. The van der Waals surface area contributed by atoms with Crippen molar-refractivity contribution < 1.29 is 9.90 Å². The molecule has 25 heavy (non-hydrogen) atoms. The van der Waals surface area contributed by atoms with Gasteiger partial charge in [0.25, 0.3) is 0 Å². The number of rotatable bonds is 4. The Labute approximate surface area is 146 Å². The van der Waals surface area contributed by atoms with Gasteiger partial charge in [0.1, 0.15) is 5.65 Å². The van der Waals surface area contributed by atoms with Gasteiger partial charge in [-0.1, -0.05) is 12.1 Å². The van der Waals surface area contributed by atoms with Gasteiger partial charge in [0, 0.05) is 24.3 Å². The van der Waals surface area contributed by atoms with E-state index in [4.69, 9.17) is 5.11 Å². The first-order chi connectivity index (χ1) is 12.2. The number of hydrogen-bond donors (Lipinski definition) is 2. The molecule has 0 unspecified atom stereocenters. The molecule has 5 nitrogen and oxygen atoms in total. The summed E-state index contributed by atoms with van der Waals surface area (Å²) in [6.45, 7) is 2.84. The molecule has 0 saturated carbocycles. The minimum Gasteiger partial charge on any atom is -0.478 e. The first-order valence-electron chi connectivity index (χ1n) is 8.69. The van der Waals surface area contributed by atoms with Gasteiger partial charge >= 0.3 is 5.97 Å². The average Bonchev–Trinajstić information content (AvgIpc) is 3.06. The van der Waals surface area contributed by atoms with Gasteiger partial charge in [-0.25, -0.2) is 9.78 Å². The Hall–Kier alpha value is -2.66. The summed E-state index contributed by atoms with van der Waals surface area (Å²) < 4.78 is 2.13. The van der Waals surface area contributed by atoms with Gasteiger partial charge in [-0.15, -0.1) is 0 Å². The van der Waals surface area contributed by atoms with Crippen LogP contribution in [0.15, 0.2) is 48.8 Å². The third-order valence-corrected chi connectivity index (χ3v) is 5.03. The molecule has 128 valence electrons. The monoisotopic (exact) mass is 335 g/mol. The van der Waals surface area contributed by atoms with Crippen molar-refractivity contribution in [1.82, 2.24) is 14.9 Å². The van der Waals surface area contributed by atoms with Crippen molar-refractivity contribution >= 4 is 17.0 Å².